The van der Waals surface area contributed by atoms with E-state index >= 15 is 0 Å². The van der Waals surface area contributed by atoms with E-state index in [1.807, 2.05) is 0 Å². The highest BCUT2D eigenvalue weighted by Crippen LogP contribution is 2.04. The molecular weight excluding hydrogens is 230 g/mol. The first-order valence-corrected chi connectivity index (χ1v) is 5.57. The molecule has 0 rings (SSSR count). The quantitative estimate of drug-likeness (QED) is 0.230. The minimum Gasteiger partial charge on any atom is -0.394 e. The van der Waals surface area contributed by atoms with E-state index in [1.165, 1.54) is 0 Å². The van der Waals surface area contributed by atoms with Crippen LogP contribution in [0.5, 0.6) is 0 Å². The van der Waals surface area contributed by atoms with Gasteiger partial charge in [-0.2, -0.15) is 0 Å². The van der Waals surface area contributed by atoms with Crippen molar-refractivity contribution in [2.75, 3.05) is 33.4 Å². The number of rotatable bonds is 10. The fourth-order valence-electron chi connectivity index (χ4n) is 1.28. The van der Waals surface area contributed by atoms with Crippen molar-refractivity contribution in [1.29, 1.82) is 0 Å². The summed E-state index contributed by atoms with van der Waals surface area (Å²) >= 11 is 0. The topological polar surface area (TPSA) is 122 Å². The molecule has 0 aromatic carbocycles. The average molecular weight is 253 g/mol. The molecule has 0 bridgehead atoms. The van der Waals surface area contributed by atoms with Crippen LogP contribution in [0.25, 0.3) is 0 Å². The Hall–Kier alpha value is -0.280. The van der Waals surface area contributed by atoms with Crippen LogP contribution in [0.1, 0.15) is 6.42 Å². The highest BCUT2D eigenvalue weighted by atomic mass is 16.5. The Morgan fingerprint density at radius 2 is 1.65 bits per heavy atom. The molecule has 0 fully saturated rings. The largest absolute Gasteiger partial charge is 0.394 e. The maximum absolute atomic E-state index is 9.49. The number of ether oxygens (including phenoxy) is 1. The Balaban J connectivity index is 3.76. The molecule has 104 valence electrons. The minimum absolute atomic E-state index is 0.0834. The van der Waals surface area contributed by atoms with Crippen LogP contribution >= 0.6 is 0 Å². The Labute approximate surface area is 101 Å². The van der Waals surface area contributed by atoms with Gasteiger partial charge in [0.2, 0.25) is 0 Å². The lowest BCUT2D eigenvalue weighted by Gasteiger charge is -2.25. The first-order valence-electron chi connectivity index (χ1n) is 5.57. The van der Waals surface area contributed by atoms with Gasteiger partial charge in [0.05, 0.1) is 12.7 Å². The molecule has 0 aromatic heterocycles. The van der Waals surface area contributed by atoms with Gasteiger partial charge in [-0.15, -0.1) is 0 Å². The zero-order chi connectivity index (χ0) is 13.3. The third-order valence-corrected chi connectivity index (χ3v) is 2.38. The second-order valence-electron chi connectivity index (χ2n) is 3.85. The molecular formula is C10H23NO6. The van der Waals surface area contributed by atoms with E-state index in [4.69, 9.17) is 14.9 Å². The van der Waals surface area contributed by atoms with Gasteiger partial charge in [0, 0.05) is 20.3 Å². The predicted molar refractivity (Wildman–Crippen MR) is 60.5 cm³/mol. The zero-order valence-electron chi connectivity index (χ0n) is 9.99. The molecule has 0 saturated heterocycles. The lowest BCUT2D eigenvalue weighted by Crippen LogP contribution is -2.49. The van der Waals surface area contributed by atoms with Crippen molar-refractivity contribution in [1.82, 2.24) is 5.32 Å². The molecule has 0 aliphatic heterocycles. The smallest absolute Gasteiger partial charge is 0.111 e. The van der Waals surface area contributed by atoms with E-state index in [2.05, 4.69) is 5.32 Å². The lowest BCUT2D eigenvalue weighted by molar-refractivity contribution is -0.113. The van der Waals surface area contributed by atoms with Gasteiger partial charge in [-0.1, -0.05) is 0 Å². The van der Waals surface area contributed by atoms with Crippen LogP contribution in [0.3, 0.4) is 0 Å². The van der Waals surface area contributed by atoms with Crippen LogP contribution < -0.4 is 5.32 Å². The van der Waals surface area contributed by atoms with Crippen molar-refractivity contribution in [2.24, 2.45) is 0 Å². The van der Waals surface area contributed by atoms with Gasteiger partial charge < -0.3 is 35.6 Å². The van der Waals surface area contributed by atoms with Crippen LogP contribution in [0.4, 0.5) is 0 Å². The summed E-state index contributed by atoms with van der Waals surface area (Å²) in [6.07, 6.45) is -4.99. The van der Waals surface area contributed by atoms with E-state index in [-0.39, 0.29) is 6.54 Å². The molecule has 0 unspecified atom stereocenters. The average Bonchev–Trinajstić information content (AvgIpc) is 2.35. The summed E-state index contributed by atoms with van der Waals surface area (Å²) in [5.41, 5.74) is 0. The molecule has 0 aromatic rings. The van der Waals surface area contributed by atoms with Gasteiger partial charge in [-0.3, -0.25) is 0 Å². The summed E-state index contributed by atoms with van der Waals surface area (Å²) in [6.45, 7) is 0.611. The molecule has 0 radical (unpaired) electrons. The molecule has 7 heteroatoms. The zero-order valence-corrected chi connectivity index (χ0v) is 9.99. The van der Waals surface area contributed by atoms with E-state index in [9.17, 15) is 15.3 Å². The van der Waals surface area contributed by atoms with Gasteiger partial charge in [0.1, 0.15) is 18.3 Å². The Kier molecular flexibility index (Phi) is 9.56. The molecule has 0 aliphatic rings. The SMILES string of the molecule is COCCCNC[C@H](O)[C@@H](O)[C@H](O)[C@H](O)CO. The van der Waals surface area contributed by atoms with E-state index in [1.54, 1.807) is 7.11 Å². The fourth-order valence-corrected chi connectivity index (χ4v) is 1.28. The van der Waals surface area contributed by atoms with Crippen LogP contribution in [0.15, 0.2) is 0 Å². The number of hydrogen-bond acceptors (Lipinski definition) is 7. The maximum atomic E-state index is 9.49. The van der Waals surface area contributed by atoms with Crippen LogP contribution in [-0.4, -0.2) is 83.4 Å². The standard InChI is InChI=1S/C10H23NO6/c1-17-4-2-3-11-5-7(13)9(15)10(16)8(14)6-12/h7-16H,2-6H2,1H3/t7-,8+,9+,10+/m0/s1. The summed E-state index contributed by atoms with van der Waals surface area (Å²) in [7, 11) is 1.59. The van der Waals surface area contributed by atoms with Gasteiger partial charge in [0.25, 0.3) is 0 Å². The molecule has 7 nitrogen and oxygen atoms in total. The number of aliphatic hydroxyl groups is 5. The molecule has 17 heavy (non-hydrogen) atoms. The number of aliphatic hydroxyl groups excluding tert-OH is 5. The molecule has 0 saturated carbocycles. The maximum Gasteiger partial charge on any atom is 0.111 e. The van der Waals surface area contributed by atoms with Gasteiger partial charge >= 0.3 is 0 Å². The van der Waals surface area contributed by atoms with E-state index in [0.717, 1.165) is 6.42 Å². The van der Waals surface area contributed by atoms with Crippen molar-refractivity contribution in [3.8, 4) is 0 Å². The molecule has 0 aliphatic carbocycles. The second-order valence-corrected chi connectivity index (χ2v) is 3.85. The Morgan fingerprint density at radius 1 is 1.06 bits per heavy atom. The summed E-state index contributed by atoms with van der Waals surface area (Å²) in [4.78, 5) is 0. The van der Waals surface area contributed by atoms with E-state index in [0.29, 0.717) is 13.2 Å². The first kappa shape index (κ1) is 16.7. The Bertz CT molecular complexity index is 182. The van der Waals surface area contributed by atoms with Gasteiger partial charge in [-0.25, -0.2) is 0 Å². The summed E-state index contributed by atoms with van der Waals surface area (Å²) < 4.78 is 4.83. The predicted octanol–water partition coefficient (Wildman–Crippen LogP) is -2.95. The molecule has 6 N–H and O–H groups in total. The molecule has 4 atom stereocenters. The highest BCUT2D eigenvalue weighted by molar-refractivity contribution is 4.81. The second kappa shape index (κ2) is 9.72. The summed E-state index contributed by atoms with van der Waals surface area (Å²) in [6, 6.07) is 0. The third-order valence-electron chi connectivity index (χ3n) is 2.38. The number of methoxy groups -OCH3 is 1. The van der Waals surface area contributed by atoms with Gasteiger partial charge in [-0.05, 0) is 13.0 Å². The summed E-state index contributed by atoms with van der Waals surface area (Å²) in [5.74, 6) is 0. The Morgan fingerprint density at radius 3 is 2.18 bits per heavy atom. The minimum atomic E-state index is -1.57. The number of nitrogens with one attached hydrogen (secondary N) is 1. The highest BCUT2D eigenvalue weighted by Gasteiger charge is 2.29. The number of hydrogen-bond donors (Lipinski definition) is 6. The third kappa shape index (κ3) is 6.89. The fraction of sp³-hybridized carbons (Fsp3) is 1.00. The van der Waals surface area contributed by atoms with Crippen molar-refractivity contribution in [3.05, 3.63) is 0 Å². The molecule has 0 amide bonds. The molecule has 0 heterocycles. The lowest BCUT2D eigenvalue weighted by atomic mass is 10.0. The van der Waals surface area contributed by atoms with Crippen LogP contribution in [0.2, 0.25) is 0 Å². The monoisotopic (exact) mass is 253 g/mol. The van der Waals surface area contributed by atoms with Crippen molar-refractivity contribution >= 4 is 0 Å². The van der Waals surface area contributed by atoms with Crippen molar-refractivity contribution < 1.29 is 30.3 Å². The molecule has 0 spiro atoms. The summed E-state index contributed by atoms with van der Waals surface area (Å²) in [5, 5.41) is 48.8. The normalized spacial score (nSPS) is 18.7. The van der Waals surface area contributed by atoms with Crippen LogP contribution in [0, 0.1) is 0 Å². The first-order chi connectivity index (χ1) is 8.04. The van der Waals surface area contributed by atoms with Gasteiger partial charge in [0.15, 0.2) is 0 Å². The van der Waals surface area contributed by atoms with Crippen molar-refractivity contribution in [2.45, 2.75) is 30.8 Å². The van der Waals surface area contributed by atoms with E-state index < -0.39 is 31.0 Å². The van der Waals surface area contributed by atoms with Crippen molar-refractivity contribution in [3.63, 3.8) is 0 Å². The van der Waals surface area contributed by atoms with Crippen LogP contribution in [-0.2, 0) is 4.74 Å².